The number of halogens is 1. The van der Waals surface area contributed by atoms with Crippen molar-refractivity contribution in [2.24, 2.45) is 0 Å². The van der Waals surface area contributed by atoms with Gasteiger partial charge in [0.2, 0.25) is 35.0 Å². The van der Waals surface area contributed by atoms with Gasteiger partial charge in [-0.2, -0.15) is 29.9 Å². The van der Waals surface area contributed by atoms with Gasteiger partial charge >= 0.3 is 0 Å². The summed E-state index contributed by atoms with van der Waals surface area (Å²) in [6.07, 6.45) is 4.90. The van der Waals surface area contributed by atoms with Gasteiger partial charge in [-0.3, -0.25) is 0 Å². The summed E-state index contributed by atoms with van der Waals surface area (Å²) >= 11 is 6.00. The first-order chi connectivity index (χ1) is 23.0. The molecule has 47 heavy (non-hydrogen) atoms. The van der Waals surface area contributed by atoms with Crippen molar-refractivity contribution in [1.82, 2.24) is 29.9 Å². The minimum atomic E-state index is 0.182. The fourth-order valence-corrected chi connectivity index (χ4v) is 5.63. The molecule has 7 rings (SSSR count). The van der Waals surface area contributed by atoms with Crippen LogP contribution < -0.4 is 25.8 Å². The number of rotatable bonds is 8. The summed E-state index contributed by atoms with van der Waals surface area (Å²) in [4.78, 5) is 30.9. The molecule has 1 saturated carbocycles. The van der Waals surface area contributed by atoms with Crippen LogP contribution in [-0.4, -0.2) is 88.6 Å². The van der Waals surface area contributed by atoms with Gasteiger partial charge in [0, 0.05) is 43.6 Å². The molecule has 2 aliphatic heterocycles. The molecule has 4 heterocycles. The first-order valence-corrected chi connectivity index (χ1v) is 16.6. The maximum Gasteiger partial charge on any atom is 0.233 e. The van der Waals surface area contributed by atoms with Crippen LogP contribution in [0.4, 0.5) is 41.1 Å². The number of nitrogens with zero attached hydrogens (tertiary/aromatic N) is 8. The average molecular weight is 660 g/mol. The second-order valence-corrected chi connectivity index (χ2v) is 12.2. The van der Waals surface area contributed by atoms with E-state index in [1.807, 2.05) is 48.2 Å². The van der Waals surface area contributed by atoms with Gasteiger partial charge in [-0.05, 0) is 62.6 Å². The largest absolute Gasteiger partial charge is 0.378 e. The molecule has 0 unspecified atom stereocenters. The highest BCUT2D eigenvalue weighted by Crippen LogP contribution is 2.24. The molecular formula is C33H42ClN11O2. The molecule has 1 aliphatic carbocycles. The van der Waals surface area contributed by atoms with Crippen molar-refractivity contribution in [3.05, 3.63) is 64.9 Å². The molecule has 248 valence electrons. The molecule has 2 aromatic heterocycles. The minimum Gasteiger partial charge on any atom is -0.378 e. The predicted molar refractivity (Wildman–Crippen MR) is 186 cm³/mol. The van der Waals surface area contributed by atoms with Crippen molar-refractivity contribution >= 4 is 52.7 Å². The van der Waals surface area contributed by atoms with Gasteiger partial charge in [-0.25, -0.2) is 0 Å². The van der Waals surface area contributed by atoms with Gasteiger partial charge in [0.25, 0.3) is 0 Å². The summed E-state index contributed by atoms with van der Waals surface area (Å²) in [5.41, 5.74) is 4.31. The molecule has 3 aliphatic rings. The quantitative estimate of drug-likeness (QED) is 0.219. The Labute approximate surface area is 280 Å². The second kappa shape index (κ2) is 16.0. The molecule has 14 heteroatoms. The van der Waals surface area contributed by atoms with E-state index >= 15 is 0 Å². The molecule has 13 nitrogen and oxygen atoms in total. The molecule has 3 fully saturated rings. The first kappa shape index (κ1) is 32.6. The van der Waals surface area contributed by atoms with Crippen LogP contribution >= 0.6 is 11.6 Å². The lowest BCUT2D eigenvalue weighted by atomic mass is 10.2. The average Bonchev–Trinajstić information content (AvgIpc) is 3.61. The SMILES string of the molecule is Cc1ccc(Nc2nc(Cl)nc(N3CCOCC3)n2)cc1.Cc1ccc(Nc2nc(NC3CCCC3)nc(N3CCOCC3)n2)cc1. The highest BCUT2D eigenvalue weighted by Gasteiger charge is 2.20. The fraction of sp³-hybridized carbons (Fsp3) is 0.455. The van der Waals surface area contributed by atoms with Crippen LogP contribution in [0.3, 0.4) is 0 Å². The topological polar surface area (TPSA) is 138 Å². The maximum atomic E-state index is 6.00. The highest BCUT2D eigenvalue weighted by molar-refractivity contribution is 6.28. The van der Waals surface area contributed by atoms with Crippen molar-refractivity contribution in [3.63, 3.8) is 0 Å². The Morgan fingerprint density at radius 3 is 1.55 bits per heavy atom. The van der Waals surface area contributed by atoms with Crippen LogP contribution in [0, 0.1) is 13.8 Å². The molecule has 2 aromatic carbocycles. The van der Waals surface area contributed by atoms with Crippen molar-refractivity contribution in [2.75, 3.05) is 78.4 Å². The minimum absolute atomic E-state index is 0.182. The summed E-state index contributed by atoms with van der Waals surface area (Å²) in [6.45, 7) is 9.99. The highest BCUT2D eigenvalue weighted by atomic mass is 35.5. The van der Waals surface area contributed by atoms with Crippen molar-refractivity contribution in [2.45, 2.75) is 45.6 Å². The first-order valence-electron chi connectivity index (χ1n) is 16.2. The summed E-state index contributed by atoms with van der Waals surface area (Å²) in [5, 5.41) is 10.1. The van der Waals surface area contributed by atoms with E-state index in [4.69, 9.17) is 21.1 Å². The number of hydrogen-bond acceptors (Lipinski definition) is 13. The smallest absolute Gasteiger partial charge is 0.233 e. The Hall–Kier alpha value is -4.33. The van der Waals surface area contributed by atoms with Gasteiger partial charge in [0.1, 0.15) is 0 Å². The summed E-state index contributed by atoms with van der Waals surface area (Å²) < 4.78 is 10.8. The van der Waals surface area contributed by atoms with Gasteiger partial charge in [-0.1, -0.05) is 48.2 Å². The number of aryl methyl sites for hydroxylation is 2. The van der Waals surface area contributed by atoms with Gasteiger partial charge in [0.15, 0.2) is 0 Å². The zero-order valence-electron chi connectivity index (χ0n) is 27.0. The number of hydrogen-bond donors (Lipinski definition) is 3. The van der Waals surface area contributed by atoms with Crippen molar-refractivity contribution < 1.29 is 9.47 Å². The number of benzene rings is 2. The normalized spacial score (nSPS) is 16.7. The van der Waals surface area contributed by atoms with E-state index in [1.54, 1.807) is 0 Å². The molecule has 0 spiro atoms. The summed E-state index contributed by atoms with van der Waals surface area (Å²) in [6, 6.07) is 16.7. The van der Waals surface area contributed by atoms with Crippen LogP contribution in [0.15, 0.2) is 48.5 Å². The maximum absolute atomic E-state index is 6.00. The van der Waals surface area contributed by atoms with Crippen LogP contribution in [-0.2, 0) is 9.47 Å². The number of aromatic nitrogens is 6. The van der Waals surface area contributed by atoms with Gasteiger partial charge in [-0.15, -0.1) is 0 Å². The molecule has 2 saturated heterocycles. The van der Waals surface area contributed by atoms with Crippen LogP contribution in [0.2, 0.25) is 5.28 Å². The van der Waals surface area contributed by atoms with E-state index in [2.05, 4.69) is 69.8 Å². The van der Waals surface area contributed by atoms with Gasteiger partial charge in [0.05, 0.1) is 26.4 Å². The molecule has 0 atom stereocenters. The Morgan fingerprint density at radius 1 is 0.596 bits per heavy atom. The van der Waals surface area contributed by atoms with E-state index < -0.39 is 0 Å². The molecule has 0 amide bonds. The Morgan fingerprint density at radius 2 is 1.04 bits per heavy atom. The zero-order chi connectivity index (χ0) is 32.4. The van der Waals surface area contributed by atoms with E-state index in [1.165, 1.54) is 36.8 Å². The third-order valence-electron chi connectivity index (χ3n) is 8.11. The monoisotopic (exact) mass is 659 g/mol. The van der Waals surface area contributed by atoms with Crippen LogP contribution in [0.25, 0.3) is 0 Å². The standard InChI is InChI=1S/C19H26N6O.C14H16ClN5O/c1-14-6-8-16(9-7-14)21-18-22-17(20-15-4-2-3-5-15)23-19(24-18)25-10-12-26-13-11-25;1-10-2-4-11(5-3-10)16-13-17-12(15)18-14(19-13)20-6-8-21-9-7-20/h6-9,15H,2-5,10-13H2,1H3,(H2,20,21,22,23,24);2-5H,6-9H2,1H3,(H,16,17,18,19). The Kier molecular flexibility index (Phi) is 11.1. The van der Waals surface area contributed by atoms with Crippen LogP contribution in [0.5, 0.6) is 0 Å². The third kappa shape index (κ3) is 9.60. The molecule has 0 radical (unpaired) electrons. The number of anilines is 7. The fourth-order valence-electron chi connectivity index (χ4n) is 5.47. The Balaban J connectivity index is 0.000000168. The molecule has 0 bridgehead atoms. The lowest BCUT2D eigenvalue weighted by molar-refractivity contribution is 0.122. The van der Waals surface area contributed by atoms with E-state index in [0.717, 1.165) is 37.6 Å². The lowest BCUT2D eigenvalue weighted by Crippen LogP contribution is -2.37. The molecule has 3 N–H and O–H groups in total. The number of morpholine rings is 2. The lowest BCUT2D eigenvalue weighted by Gasteiger charge is -2.27. The summed E-state index contributed by atoms with van der Waals surface area (Å²) in [5.74, 6) is 2.96. The molecular weight excluding hydrogens is 618 g/mol. The van der Waals surface area contributed by atoms with Crippen molar-refractivity contribution in [1.29, 1.82) is 0 Å². The van der Waals surface area contributed by atoms with Gasteiger partial charge < -0.3 is 35.2 Å². The number of ether oxygens (including phenoxy) is 2. The Bertz CT molecular complexity index is 1580. The zero-order valence-corrected chi connectivity index (χ0v) is 27.7. The third-order valence-corrected chi connectivity index (χ3v) is 8.28. The number of nitrogens with one attached hydrogen (secondary N) is 3. The van der Waals surface area contributed by atoms with E-state index in [9.17, 15) is 0 Å². The van der Waals surface area contributed by atoms with Crippen molar-refractivity contribution in [3.8, 4) is 0 Å². The van der Waals surface area contributed by atoms with E-state index in [-0.39, 0.29) is 5.28 Å². The summed E-state index contributed by atoms with van der Waals surface area (Å²) in [7, 11) is 0. The predicted octanol–water partition coefficient (Wildman–Crippen LogP) is 5.53. The van der Waals surface area contributed by atoms with Crippen LogP contribution in [0.1, 0.15) is 36.8 Å². The van der Waals surface area contributed by atoms with E-state index in [0.29, 0.717) is 62.2 Å². The molecule has 4 aromatic rings. The second-order valence-electron chi connectivity index (χ2n) is 11.8.